The summed E-state index contributed by atoms with van der Waals surface area (Å²) in [5.41, 5.74) is 17.6. The summed E-state index contributed by atoms with van der Waals surface area (Å²) < 4.78 is 38.1. The van der Waals surface area contributed by atoms with Crippen LogP contribution < -0.4 is 43.8 Å². The number of nitrogens with two attached hydrogens (primary N) is 3. The third-order valence-corrected chi connectivity index (χ3v) is 18.6. The molecule has 2 saturated carbocycles. The van der Waals surface area contributed by atoms with E-state index in [1.165, 1.54) is 28.1 Å². The number of ketones is 2. The van der Waals surface area contributed by atoms with E-state index in [1.807, 2.05) is 27.7 Å². The van der Waals surface area contributed by atoms with Crippen LogP contribution in [0.4, 0.5) is 0 Å². The summed E-state index contributed by atoms with van der Waals surface area (Å²) in [6.07, 6.45) is 15.1. The van der Waals surface area contributed by atoms with Crippen molar-refractivity contribution in [2.75, 3.05) is 80.2 Å². The number of terminal acetylenes is 1. The Morgan fingerprint density at radius 2 is 1.06 bits per heavy atom. The highest BCUT2D eigenvalue weighted by atomic mass is 16.6. The Bertz CT molecular complexity index is 2490. The van der Waals surface area contributed by atoms with Crippen LogP contribution in [0.2, 0.25) is 0 Å². The van der Waals surface area contributed by atoms with E-state index in [0.717, 1.165) is 57.8 Å². The minimum atomic E-state index is -1.00. The van der Waals surface area contributed by atoms with Crippen molar-refractivity contribution in [3.63, 3.8) is 0 Å². The third-order valence-electron chi connectivity index (χ3n) is 18.6. The van der Waals surface area contributed by atoms with Crippen LogP contribution in [0.15, 0.2) is 4.99 Å². The van der Waals surface area contributed by atoms with Gasteiger partial charge in [-0.2, -0.15) is 0 Å². The molecule has 2 unspecified atom stereocenters. The Morgan fingerprint density at radius 1 is 0.557 bits per heavy atom. The Labute approximate surface area is 576 Å². The number of carbonyl (C=O) groups is 10. The molecule has 0 aliphatic heterocycles. The summed E-state index contributed by atoms with van der Waals surface area (Å²) in [4.78, 5) is 136. The van der Waals surface area contributed by atoms with Gasteiger partial charge in [0, 0.05) is 102 Å². The predicted octanol–water partition coefficient (Wildman–Crippen LogP) is 5.18. The van der Waals surface area contributed by atoms with Gasteiger partial charge >= 0.3 is 17.9 Å². The van der Waals surface area contributed by atoms with Crippen molar-refractivity contribution in [2.45, 2.75) is 232 Å². The maximum atomic E-state index is 13.7. The van der Waals surface area contributed by atoms with Crippen LogP contribution in [0.1, 0.15) is 202 Å². The van der Waals surface area contributed by atoms with E-state index >= 15 is 0 Å². The van der Waals surface area contributed by atoms with E-state index in [4.69, 9.17) is 62.2 Å². The van der Waals surface area contributed by atoms with Crippen molar-refractivity contribution in [1.29, 1.82) is 5.41 Å². The average molecular weight is 1370 g/mol. The molecular formula is C70H120N10O17. The van der Waals surface area contributed by atoms with E-state index in [1.54, 1.807) is 0 Å². The third kappa shape index (κ3) is 34.5. The molecule has 2 aliphatic rings. The van der Waals surface area contributed by atoms with E-state index < -0.39 is 77.6 Å². The molecular weight excluding hydrogens is 1250 g/mol. The highest BCUT2D eigenvalue weighted by Gasteiger charge is 2.54. The van der Waals surface area contributed by atoms with Gasteiger partial charge in [-0.1, -0.05) is 97.8 Å². The number of nitrogens with zero attached hydrogens (tertiary/aromatic N) is 1. The molecule has 0 aromatic carbocycles. The van der Waals surface area contributed by atoms with Crippen molar-refractivity contribution in [2.24, 2.45) is 69.5 Å². The average Bonchev–Trinajstić information content (AvgIpc) is 1.65. The number of carbonyl (C=O) groups excluding carboxylic acids is 10. The highest BCUT2D eigenvalue weighted by Crippen LogP contribution is 2.47. The van der Waals surface area contributed by atoms with Gasteiger partial charge in [-0.3, -0.25) is 53.4 Å². The Morgan fingerprint density at radius 3 is 1.59 bits per heavy atom. The standard InChI is InChI=1S/C70H120N10O17/c1-10-34-93-36-38-95-40-41-96-39-37-94-35-31-60(86)79-55(28-27-51(83)25-21-17-15-19-24-33-76-61(87)45-52-53(68(89)91-8)44-56(80-70(73)74)64(52)66(78-47(7)82)49(13-4)14-5)57(84)29-30-59(85)75-32-23-20-16-18-22-26-62(88)97-67-54(69(90)92-9)42-50(43-58(71)72)63(67)65(77-46(6)81)48(11-2)12-3/h1,48-50,52-56,63-67H,11-45H2,2-9H3,(H3,71,72)(H,75,85)(H,76,87)(H,77,81)(H,78,82)(H,79,86)(H4,73,74,80)/t50-,52+,53-,54-,55+,56+,63+,64+,65?,66?,67+/m0/s1. The second kappa shape index (κ2) is 50.6. The molecule has 0 radical (unpaired) electrons. The molecule has 12 N–H and O–H groups in total. The number of hydrogen-bond donors (Lipinski definition) is 9. The number of amidine groups is 1. The highest BCUT2D eigenvalue weighted by molar-refractivity contribution is 5.92. The molecule has 27 heteroatoms. The maximum Gasteiger partial charge on any atom is 0.312 e. The smallest absolute Gasteiger partial charge is 0.312 e. The summed E-state index contributed by atoms with van der Waals surface area (Å²) in [7, 11) is 2.58. The first-order valence-corrected chi connectivity index (χ1v) is 35.4. The van der Waals surface area contributed by atoms with Crippen LogP contribution in [0.25, 0.3) is 0 Å². The van der Waals surface area contributed by atoms with Gasteiger partial charge in [-0.25, -0.2) is 4.99 Å². The van der Waals surface area contributed by atoms with Gasteiger partial charge in [0.2, 0.25) is 29.5 Å². The number of nitrogens with one attached hydrogen (secondary N) is 6. The number of hydrogen-bond acceptors (Lipinski definition) is 19. The minimum absolute atomic E-state index is 0.0119. The molecule has 0 aromatic heterocycles. The number of Topliss-reactive ketones (excluding diaryl/α,β-unsaturated/α-hetero) is 2. The molecule has 5 amide bonds. The molecule has 0 aromatic rings. The largest absolute Gasteiger partial charge is 0.469 e. The van der Waals surface area contributed by atoms with Crippen LogP contribution in [-0.4, -0.2) is 181 Å². The minimum Gasteiger partial charge on any atom is -0.469 e. The lowest BCUT2D eigenvalue weighted by atomic mass is 9.75. The summed E-state index contributed by atoms with van der Waals surface area (Å²) >= 11 is 0. The topological polar surface area (TPSA) is 410 Å². The van der Waals surface area contributed by atoms with E-state index in [-0.39, 0.29) is 161 Å². The Balaban J connectivity index is 1.92. The number of amides is 5. The summed E-state index contributed by atoms with van der Waals surface area (Å²) in [6, 6.07) is -2.32. The number of guanidine groups is 1. The molecule has 2 fully saturated rings. The van der Waals surface area contributed by atoms with Gasteiger partial charge in [0.05, 0.1) is 90.2 Å². The molecule has 2 aliphatic carbocycles. The molecule has 552 valence electrons. The van der Waals surface area contributed by atoms with Crippen LogP contribution in [0.5, 0.6) is 0 Å². The van der Waals surface area contributed by atoms with Crippen LogP contribution in [0, 0.1) is 65.1 Å². The number of aliphatic imine (C=N–C) groups is 1. The first kappa shape index (κ1) is 86.3. The van der Waals surface area contributed by atoms with Crippen molar-refractivity contribution < 1.29 is 81.1 Å². The molecule has 0 heterocycles. The second-order valence-electron chi connectivity index (χ2n) is 25.7. The fourth-order valence-corrected chi connectivity index (χ4v) is 13.8. The quantitative estimate of drug-likeness (QED) is 0.00946. The van der Waals surface area contributed by atoms with Crippen LogP contribution in [0.3, 0.4) is 0 Å². The SMILES string of the molecule is C#CCOCCOCCOCCOCCC(=O)N[C@H](CCC(=O)CCCCCCCNC(=O)C[C@H]1[C@@H](C(NC(C)=O)C(CC)CC)[C@H](N=C(N)N)C[C@@H]1C(=O)OC)C(=O)CCC(=O)NCCCCCCCC(=O)O[C@H]1[C@@H](C(NC(C)=O)C(CC)CC)[C@H](CC(=N)N)C[C@@H]1C(=O)OC. The number of esters is 3. The molecule has 11 atom stereocenters. The molecule has 97 heavy (non-hydrogen) atoms. The second-order valence-corrected chi connectivity index (χ2v) is 25.7. The van der Waals surface area contributed by atoms with Crippen LogP contribution in [-0.2, 0) is 81.1 Å². The molecule has 0 saturated heterocycles. The van der Waals surface area contributed by atoms with Crippen molar-refractivity contribution in [3.8, 4) is 12.3 Å². The van der Waals surface area contributed by atoms with Gasteiger partial charge in [0.25, 0.3) is 0 Å². The predicted molar refractivity (Wildman–Crippen MR) is 367 cm³/mol. The summed E-state index contributed by atoms with van der Waals surface area (Å²) in [5.74, 6) is -4.28. The molecule has 2 rings (SSSR count). The van der Waals surface area contributed by atoms with Gasteiger partial charge in [0.1, 0.15) is 18.5 Å². The Hall–Kier alpha value is -6.76. The lowest BCUT2D eigenvalue weighted by Gasteiger charge is -2.37. The lowest BCUT2D eigenvalue weighted by Crippen LogP contribution is -2.51. The van der Waals surface area contributed by atoms with Gasteiger partial charge in [-0.15, -0.1) is 6.42 Å². The number of rotatable bonds is 55. The molecule has 0 bridgehead atoms. The number of unbranched alkanes of at least 4 members (excludes halogenated alkanes) is 8. The normalized spacial score (nSPS) is 19.8. The molecule has 0 spiro atoms. The Kier molecular flexibility index (Phi) is 45.0. The van der Waals surface area contributed by atoms with E-state index in [9.17, 15) is 47.9 Å². The summed E-state index contributed by atoms with van der Waals surface area (Å²) in [5, 5.41) is 22.9. The monoisotopic (exact) mass is 1370 g/mol. The lowest BCUT2D eigenvalue weighted by molar-refractivity contribution is -0.162. The first-order chi connectivity index (χ1) is 46.5. The fourth-order valence-electron chi connectivity index (χ4n) is 13.8. The summed E-state index contributed by atoms with van der Waals surface area (Å²) in [6.45, 7) is 14.0. The zero-order valence-electron chi connectivity index (χ0n) is 59.5. The zero-order chi connectivity index (χ0) is 72.1. The zero-order valence-corrected chi connectivity index (χ0v) is 59.5. The van der Waals surface area contributed by atoms with Gasteiger partial charge < -0.3 is 76.9 Å². The van der Waals surface area contributed by atoms with Crippen molar-refractivity contribution in [3.05, 3.63) is 0 Å². The van der Waals surface area contributed by atoms with Crippen molar-refractivity contribution >= 4 is 70.8 Å². The number of methoxy groups -OCH3 is 2. The van der Waals surface area contributed by atoms with Gasteiger partial charge in [-0.05, 0) is 68.6 Å². The molecule has 27 nitrogen and oxygen atoms in total. The number of ether oxygens (including phenoxy) is 7. The van der Waals surface area contributed by atoms with E-state index in [2.05, 4.69) is 37.5 Å². The van der Waals surface area contributed by atoms with E-state index in [0.29, 0.717) is 78.0 Å². The maximum absolute atomic E-state index is 13.7. The van der Waals surface area contributed by atoms with Gasteiger partial charge in [0.15, 0.2) is 11.7 Å². The first-order valence-electron chi connectivity index (χ1n) is 35.4. The van der Waals surface area contributed by atoms with Crippen LogP contribution >= 0.6 is 0 Å². The van der Waals surface area contributed by atoms with Crippen molar-refractivity contribution in [1.82, 2.24) is 26.6 Å². The fraction of sp³-hybridized carbons (Fsp3) is 0.800.